The Kier molecular flexibility index (Phi) is 3.78. The van der Waals surface area contributed by atoms with Gasteiger partial charge < -0.3 is 5.73 Å². The lowest BCUT2D eigenvalue weighted by Gasteiger charge is -2.16. The molecule has 0 spiro atoms. The van der Waals surface area contributed by atoms with Gasteiger partial charge in [0, 0.05) is 10.0 Å². The van der Waals surface area contributed by atoms with E-state index in [-0.39, 0.29) is 5.56 Å². The van der Waals surface area contributed by atoms with Crippen molar-refractivity contribution in [2.75, 3.05) is 0 Å². The molecule has 94 valence electrons. The Labute approximate surface area is 113 Å². The number of hydrogen-bond donors (Lipinski definition) is 1. The summed E-state index contributed by atoms with van der Waals surface area (Å²) < 4.78 is 27.6. The Balaban J connectivity index is 2.50. The van der Waals surface area contributed by atoms with Crippen LogP contribution in [-0.2, 0) is 0 Å². The molecule has 0 aliphatic rings. The van der Waals surface area contributed by atoms with Gasteiger partial charge in [-0.05, 0) is 36.8 Å². The highest BCUT2D eigenvalue weighted by atomic mass is 79.9. The summed E-state index contributed by atoms with van der Waals surface area (Å²) in [6.45, 7) is 1.92. The van der Waals surface area contributed by atoms with Crippen molar-refractivity contribution >= 4 is 15.9 Å². The summed E-state index contributed by atoms with van der Waals surface area (Å²) in [6.07, 6.45) is 0. The maximum atomic E-state index is 13.7. The van der Waals surface area contributed by atoms with Crippen LogP contribution in [0.15, 0.2) is 40.9 Å². The average molecular weight is 312 g/mol. The summed E-state index contributed by atoms with van der Waals surface area (Å²) in [5.41, 5.74) is 7.92. The van der Waals surface area contributed by atoms with Gasteiger partial charge in [-0.2, -0.15) is 0 Å². The number of benzene rings is 2. The molecule has 1 atom stereocenters. The molecule has 2 N–H and O–H groups in total. The van der Waals surface area contributed by atoms with Gasteiger partial charge in [0.2, 0.25) is 0 Å². The second kappa shape index (κ2) is 5.16. The van der Waals surface area contributed by atoms with E-state index in [0.717, 1.165) is 33.8 Å². The molecule has 0 aromatic heterocycles. The first-order valence-electron chi connectivity index (χ1n) is 5.45. The summed E-state index contributed by atoms with van der Waals surface area (Å²) in [5, 5.41) is 0. The van der Waals surface area contributed by atoms with Crippen LogP contribution in [0.5, 0.6) is 0 Å². The first-order chi connectivity index (χ1) is 8.49. The van der Waals surface area contributed by atoms with Crippen LogP contribution in [0.1, 0.15) is 22.7 Å². The summed E-state index contributed by atoms with van der Waals surface area (Å²) in [6, 6.07) is 8.23. The quantitative estimate of drug-likeness (QED) is 0.888. The summed E-state index contributed by atoms with van der Waals surface area (Å²) in [7, 11) is 0. The van der Waals surface area contributed by atoms with Crippen LogP contribution in [0.25, 0.3) is 0 Å². The van der Waals surface area contributed by atoms with E-state index < -0.39 is 17.7 Å². The molecule has 0 amide bonds. The Morgan fingerprint density at radius 1 is 1.06 bits per heavy atom. The molecule has 2 rings (SSSR count). The van der Waals surface area contributed by atoms with Gasteiger partial charge in [0.1, 0.15) is 11.6 Å². The van der Waals surface area contributed by atoms with E-state index in [4.69, 9.17) is 5.73 Å². The Bertz CT molecular complexity index is 533. The summed E-state index contributed by atoms with van der Waals surface area (Å²) in [5.74, 6) is -0.997. The van der Waals surface area contributed by atoms with Crippen molar-refractivity contribution in [1.82, 2.24) is 0 Å². The standard InChI is InChI=1S/C14H12BrF2N/c1-8-2-4-12(15)10(6-8)14(18)11-7-9(16)3-5-13(11)17/h2-7,14H,18H2,1H3. The Hall–Kier alpha value is -1.26. The molecule has 4 heteroatoms. The van der Waals surface area contributed by atoms with Crippen molar-refractivity contribution < 1.29 is 8.78 Å². The van der Waals surface area contributed by atoms with Crippen LogP contribution < -0.4 is 5.73 Å². The van der Waals surface area contributed by atoms with Crippen molar-refractivity contribution in [3.63, 3.8) is 0 Å². The third kappa shape index (κ3) is 2.60. The largest absolute Gasteiger partial charge is 0.320 e. The van der Waals surface area contributed by atoms with Crippen LogP contribution in [-0.4, -0.2) is 0 Å². The number of halogens is 3. The van der Waals surface area contributed by atoms with E-state index in [1.165, 1.54) is 0 Å². The zero-order valence-electron chi connectivity index (χ0n) is 9.75. The molecule has 1 nitrogen and oxygen atoms in total. The minimum atomic E-state index is -0.699. The molecule has 2 aromatic carbocycles. The molecule has 1 unspecified atom stereocenters. The maximum absolute atomic E-state index is 13.7. The van der Waals surface area contributed by atoms with E-state index in [1.807, 2.05) is 25.1 Å². The van der Waals surface area contributed by atoms with Crippen LogP contribution in [0.3, 0.4) is 0 Å². The lowest BCUT2D eigenvalue weighted by molar-refractivity contribution is 0.576. The van der Waals surface area contributed by atoms with Gasteiger partial charge in [-0.25, -0.2) is 8.78 Å². The Morgan fingerprint density at radius 2 is 1.78 bits per heavy atom. The number of nitrogens with two attached hydrogens (primary N) is 1. The monoisotopic (exact) mass is 311 g/mol. The first-order valence-corrected chi connectivity index (χ1v) is 6.25. The molecule has 18 heavy (non-hydrogen) atoms. The zero-order valence-corrected chi connectivity index (χ0v) is 11.3. The molecular formula is C14H12BrF2N. The molecule has 0 saturated carbocycles. The fourth-order valence-corrected chi connectivity index (χ4v) is 2.32. The van der Waals surface area contributed by atoms with Crippen molar-refractivity contribution in [2.24, 2.45) is 5.73 Å². The fraction of sp³-hybridized carbons (Fsp3) is 0.143. The molecule has 0 aliphatic heterocycles. The third-order valence-corrected chi connectivity index (χ3v) is 3.50. The summed E-state index contributed by atoms with van der Waals surface area (Å²) in [4.78, 5) is 0. The van der Waals surface area contributed by atoms with Crippen LogP contribution in [0.2, 0.25) is 0 Å². The Morgan fingerprint density at radius 3 is 2.50 bits per heavy atom. The number of aryl methyl sites for hydroxylation is 1. The molecule has 0 heterocycles. The van der Waals surface area contributed by atoms with Crippen LogP contribution >= 0.6 is 15.9 Å². The minimum absolute atomic E-state index is 0.154. The van der Waals surface area contributed by atoms with E-state index in [2.05, 4.69) is 15.9 Å². The fourth-order valence-electron chi connectivity index (χ4n) is 1.82. The number of rotatable bonds is 2. The van der Waals surface area contributed by atoms with Crippen molar-refractivity contribution in [3.8, 4) is 0 Å². The van der Waals surface area contributed by atoms with E-state index in [9.17, 15) is 8.78 Å². The highest BCUT2D eigenvalue weighted by Gasteiger charge is 2.17. The average Bonchev–Trinajstić information content (AvgIpc) is 2.34. The maximum Gasteiger partial charge on any atom is 0.128 e. The van der Waals surface area contributed by atoms with Gasteiger partial charge in [0.05, 0.1) is 6.04 Å². The van der Waals surface area contributed by atoms with Crippen molar-refractivity contribution in [3.05, 3.63) is 69.2 Å². The summed E-state index contributed by atoms with van der Waals surface area (Å²) >= 11 is 3.38. The van der Waals surface area contributed by atoms with Crippen LogP contribution in [0.4, 0.5) is 8.78 Å². The van der Waals surface area contributed by atoms with E-state index in [0.29, 0.717) is 0 Å². The minimum Gasteiger partial charge on any atom is -0.320 e. The second-order valence-electron chi connectivity index (χ2n) is 4.17. The SMILES string of the molecule is Cc1ccc(Br)c(C(N)c2cc(F)ccc2F)c1. The lowest BCUT2D eigenvalue weighted by Crippen LogP contribution is -2.14. The smallest absolute Gasteiger partial charge is 0.128 e. The van der Waals surface area contributed by atoms with Gasteiger partial charge in [0.25, 0.3) is 0 Å². The molecule has 2 aromatic rings. The zero-order chi connectivity index (χ0) is 13.3. The van der Waals surface area contributed by atoms with Crippen LogP contribution in [0, 0.1) is 18.6 Å². The van der Waals surface area contributed by atoms with Gasteiger partial charge >= 0.3 is 0 Å². The number of hydrogen-bond acceptors (Lipinski definition) is 1. The van der Waals surface area contributed by atoms with Crippen molar-refractivity contribution in [1.29, 1.82) is 0 Å². The molecule has 0 fully saturated rings. The van der Waals surface area contributed by atoms with Gasteiger partial charge in [0.15, 0.2) is 0 Å². The first kappa shape index (κ1) is 13.2. The molecular weight excluding hydrogens is 300 g/mol. The van der Waals surface area contributed by atoms with Gasteiger partial charge in [-0.1, -0.05) is 33.6 Å². The lowest BCUT2D eigenvalue weighted by atomic mass is 9.97. The predicted molar refractivity (Wildman–Crippen MR) is 71.3 cm³/mol. The normalized spacial score (nSPS) is 12.5. The topological polar surface area (TPSA) is 26.0 Å². The highest BCUT2D eigenvalue weighted by Crippen LogP contribution is 2.29. The molecule has 0 radical (unpaired) electrons. The molecule has 0 saturated heterocycles. The van der Waals surface area contributed by atoms with Crippen molar-refractivity contribution in [2.45, 2.75) is 13.0 Å². The molecule has 0 bridgehead atoms. The predicted octanol–water partition coefficient (Wildman–Crippen LogP) is 4.08. The third-order valence-electron chi connectivity index (χ3n) is 2.78. The van der Waals surface area contributed by atoms with E-state index in [1.54, 1.807) is 0 Å². The highest BCUT2D eigenvalue weighted by molar-refractivity contribution is 9.10. The molecule has 0 aliphatic carbocycles. The van der Waals surface area contributed by atoms with E-state index >= 15 is 0 Å². The second-order valence-corrected chi connectivity index (χ2v) is 5.02. The van der Waals surface area contributed by atoms with Gasteiger partial charge in [-0.15, -0.1) is 0 Å². The van der Waals surface area contributed by atoms with Gasteiger partial charge in [-0.3, -0.25) is 0 Å².